The molecule has 0 saturated carbocycles. The lowest BCUT2D eigenvalue weighted by molar-refractivity contribution is -0.135. The van der Waals surface area contributed by atoms with Gasteiger partial charge in [-0.2, -0.15) is 0 Å². The molecule has 0 aliphatic heterocycles. The van der Waals surface area contributed by atoms with Crippen molar-refractivity contribution in [1.82, 2.24) is 10.6 Å². The number of hydrogen-bond acceptors (Lipinski definition) is 3. The largest absolute Gasteiger partial charge is 0.480 e. The summed E-state index contributed by atoms with van der Waals surface area (Å²) in [5.74, 6) is -1.17. The number of nitrogens with one attached hydrogen (secondary N) is 2. The second kappa shape index (κ2) is 7.92. The monoisotopic (exact) mass is 226 g/mol. The molecule has 0 aromatic rings. The number of aliphatic carboxylic acids is 1. The van der Waals surface area contributed by atoms with Crippen LogP contribution in [0.5, 0.6) is 0 Å². The van der Waals surface area contributed by atoms with Gasteiger partial charge in [0.05, 0.1) is 6.61 Å². The molecule has 0 bridgehead atoms. The number of carboxylic acids is 1. The summed E-state index contributed by atoms with van der Waals surface area (Å²) < 4.78 is 27.5. The summed E-state index contributed by atoms with van der Waals surface area (Å²) >= 11 is 0. The van der Waals surface area contributed by atoms with Gasteiger partial charge < -0.3 is 20.5 Å². The first-order valence-electron chi connectivity index (χ1n) is 4.11. The molecule has 0 heterocycles. The van der Waals surface area contributed by atoms with Crippen LogP contribution in [0.3, 0.4) is 0 Å². The Labute approximate surface area is 84.6 Å². The van der Waals surface area contributed by atoms with E-state index in [1.54, 1.807) is 0 Å². The van der Waals surface area contributed by atoms with Crippen molar-refractivity contribution >= 4 is 12.0 Å². The Bertz CT molecular complexity index is 213. The Balaban J connectivity index is 3.28. The van der Waals surface area contributed by atoms with E-state index < -0.39 is 31.6 Å². The van der Waals surface area contributed by atoms with E-state index in [2.05, 4.69) is 10.1 Å². The highest BCUT2D eigenvalue weighted by molar-refractivity contribution is 5.79. The lowest BCUT2D eigenvalue weighted by Gasteiger charge is -2.06. The maximum Gasteiger partial charge on any atom is 0.323 e. The molecule has 0 aliphatic rings. The number of carbonyl (C=O) groups is 2. The zero-order chi connectivity index (χ0) is 11.7. The van der Waals surface area contributed by atoms with Gasteiger partial charge in [-0.25, -0.2) is 13.6 Å². The smallest absolute Gasteiger partial charge is 0.323 e. The van der Waals surface area contributed by atoms with Crippen LogP contribution in [-0.4, -0.2) is 49.8 Å². The van der Waals surface area contributed by atoms with Gasteiger partial charge in [0, 0.05) is 6.54 Å². The number of amides is 2. The van der Waals surface area contributed by atoms with Gasteiger partial charge in [0.15, 0.2) is 0 Å². The average Bonchev–Trinajstić information content (AvgIpc) is 2.13. The molecule has 0 aromatic heterocycles. The van der Waals surface area contributed by atoms with Gasteiger partial charge >= 0.3 is 12.0 Å². The van der Waals surface area contributed by atoms with E-state index in [0.717, 1.165) is 0 Å². The normalized spacial score (nSPS) is 10.1. The zero-order valence-electron chi connectivity index (χ0n) is 7.83. The first-order chi connectivity index (χ1) is 7.02. The molecule has 0 spiro atoms. The lowest BCUT2D eigenvalue weighted by atomic mass is 10.6. The van der Waals surface area contributed by atoms with Gasteiger partial charge in [-0.1, -0.05) is 0 Å². The SMILES string of the molecule is O=C(O)CNC(=O)NCCOCC(F)F. The minimum atomic E-state index is -2.54. The van der Waals surface area contributed by atoms with E-state index in [-0.39, 0.29) is 13.2 Å². The van der Waals surface area contributed by atoms with Gasteiger partial charge in [-0.3, -0.25) is 4.79 Å². The molecule has 0 rings (SSSR count). The predicted molar refractivity (Wildman–Crippen MR) is 45.9 cm³/mol. The van der Waals surface area contributed by atoms with Crippen LogP contribution in [0.25, 0.3) is 0 Å². The fourth-order valence-electron chi connectivity index (χ4n) is 0.628. The molecular weight excluding hydrogens is 214 g/mol. The third-order valence-electron chi connectivity index (χ3n) is 1.18. The summed E-state index contributed by atoms with van der Waals surface area (Å²) in [7, 11) is 0. The van der Waals surface area contributed by atoms with Crippen LogP contribution in [0.1, 0.15) is 0 Å². The number of carbonyl (C=O) groups excluding carboxylic acids is 1. The van der Waals surface area contributed by atoms with Gasteiger partial charge in [0.1, 0.15) is 13.2 Å². The standard InChI is InChI=1S/C7H12F2N2O4/c8-5(9)4-15-2-1-10-7(14)11-3-6(12)13/h5H,1-4H2,(H,12,13)(H2,10,11,14). The summed E-state index contributed by atoms with van der Waals surface area (Å²) in [6, 6.07) is -0.682. The number of hydrogen-bond donors (Lipinski definition) is 3. The van der Waals surface area contributed by atoms with Crippen molar-refractivity contribution in [1.29, 1.82) is 0 Å². The fraction of sp³-hybridized carbons (Fsp3) is 0.714. The zero-order valence-corrected chi connectivity index (χ0v) is 7.83. The maximum atomic E-state index is 11.5. The summed E-state index contributed by atoms with van der Waals surface area (Å²) in [6.45, 7) is -1.19. The summed E-state index contributed by atoms with van der Waals surface area (Å²) in [4.78, 5) is 20.8. The Hall–Kier alpha value is -1.44. The first-order valence-corrected chi connectivity index (χ1v) is 4.11. The molecule has 0 fully saturated rings. The number of alkyl halides is 2. The molecule has 15 heavy (non-hydrogen) atoms. The van der Waals surface area contributed by atoms with Crippen molar-refractivity contribution < 1.29 is 28.2 Å². The van der Waals surface area contributed by atoms with Crippen LogP contribution in [-0.2, 0) is 9.53 Å². The Morgan fingerprint density at radius 1 is 1.33 bits per heavy atom. The average molecular weight is 226 g/mol. The number of rotatable bonds is 7. The van der Waals surface area contributed by atoms with Gasteiger partial charge in [-0.15, -0.1) is 0 Å². The van der Waals surface area contributed by atoms with E-state index in [1.807, 2.05) is 5.32 Å². The fourth-order valence-corrected chi connectivity index (χ4v) is 0.628. The molecule has 0 saturated heterocycles. The summed E-state index contributed by atoms with van der Waals surface area (Å²) in [5.41, 5.74) is 0. The van der Waals surface area contributed by atoms with Gasteiger partial charge in [0.2, 0.25) is 0 Å². The highest BCUT2D eigenvalue weighted by atomic mass is 19.3. The van der Waals surface area contributed by atoms with E-state index in [0.29, 0.717) is 0 Å². The Kier molecular flexibility index (Phi) is 7.16. The molecule has 3 N–H and O–H groups in total. The topological polar surface area (TPSA) is 87.7 Å². The summed E-state index contributed by atoms with van der Waals surface area (Å²) in [5, 5.41) is 12.4. The number of ether oxygens (including phenoxy) is 1. The molecule has 0 radical (unpaired) electrons. The van der Waals surface area contributed by atoms with E-state index in [4.69, 9.17) is 5.11 Å². The van der Waals surface area contributed by atoms with Crippen LogP contribution in [0.15, 0.2) is 0 Å². The molecule has 8 heteroatoms. The third kappa shape index (κ3) is 10.5. The number of halogens is 2. The second-order valence-electron chi connectivity index (χ2n) is 2.47. The molecule has 2 amide bonds. The third-order valence-corrected chi connectivity index (χ3v) is 1.18. The highest BCUT2D eigenvalue weighted by Crippen LogP contribution is 1.91. The minimum absolute atomic E-state index is 0.0399. The molecule has 0 atom stereocenters. The van der Waals surface area contributed by atoms with Gasteiger partial charge in [0.25, 0.3) is 6.43 Å². The van der Waals surface area contributed by atoms with Crippen LogP contribution in [0, 0.1) is 0 Å². The van der Waals surface area contributed by atoms with Crippen molar-refractivity contribution in [2.24, 2.45) is 0 Å². The maximum absolute atomic E-state index is 11.5. The molecule has 0 aliphatic carbocycles. The van der Waals surface area contributed by atoms with E-state index in [9.17, 15) is 18.4 Å². The number of carboxylic acid groups (broad SMARTS) is 1. The number of urea groups is 1. The highest BCUT2D eigenvalue weighted by Gasteiger charge is 2.03. The van der Waals surface area contributed by atoms with E-state index >= 15 is 0 Å². The molecule has 6 nitrogen and oxygen atoms in total. The summed E-state index contributed by atoms with van der Waals surface area (Å²) in [6.07, 6.45) is -2.54. The van der Waals surface area contributed by atoms with Crippen LogP contribution in [0.4, 0.5) is 13.6 Å². The van der Waals surface area contributed by atoms with Crippen molar-refractivity contribution in [3.63, 3.8) is 0 Å². The molecule has 0 unspecified atom stereocenters. The molecule has 88 valence electrons. The van der Waals surface area contributed by atoms with Crippen molar-refractivity contribution in [2.45, 2.75) is 6.43 Å². The quantitative estimate of drug-likeness (QED) is 0.518. The molecule has 0 aromatic carbocycles. The van der Waals surface area contributed by atoms with Crippen LogP contribution < -0.4 is 10.6 Å². The van der Waals surface area contributed by atoms with Crippen LogP contribution >= 0.6 is 0 Å². The first kappa shape index (κ1) is 13.6. The lowest BCUT2D eigenvalue weighted by Crippen LogP contribution is -2.39. The predicted octanol–water partition coefficient (Wildman–Crippen LogP) is -0.348. The Morgan fingerprint density at radius 2 is 2.00 bits per heavy atom. The van der Waals surface area contributed by atoms with Gasteiger partial charge in [-0.05, 0) is 0 Å². The van der Waals surface area contributed by atoms with Crippen LogP contribution in [0.2, 0.25) is 0 Å². The van der Waals surface area contributed by atoms with Crippen molar-refractivity contribution in [3.05, 3.63) is 0 Å². The second-order valence-corrected chi connectivity index (χ2v) is 2.47. The Morgan fingerprint density at radius 3 is 2.53 bits per heavy atom. The van der Waals surface area contributed by atoms with E-state index in [1.165, 1.54) is 0 Å². The van der Waals surface area contributed by atoms with Crippen molar-refractivity contribution in [3.8, 4) is 0 Å². The van der Waals surface area contributed by atoms with Crippen molar-refractivity contribution in [2.75, 3.05) is 26.3 Å². The minimum Gasteiger partial charge on any atom is -0.480 e. The molecular formula is C7H12F2N2O4.